The smallest absolute Gasteiger partial charge is 0.409 e. The Morgan fingerprint density at radius 2 is 1.89 bits per heavy atom. The van der Waals surface area contributed by atoms with Gasteiger partial charge in [0.15, 0.2) is 0 Å². The van der Waals surface area contributed by atoms with Gasteiger partial charge in [-0.15, -0.1) is 0 Å². The number of hydrogen-bond acceptors (Lipinski definition) is 4. The van der Waals surface area contributed by atoms with Gasteiger partial charge in [0.25, 0.3) is 0 Å². The number of morpholine rings is 1. The molecule has 0 bridgehead atoms. The third-order valence-corrected chi connectivity index (χ3v) is 2.72. The zero-order valence-corrected chi connectivity index (χ0v) is 11.5. The molecule has 6 nitrogen and oxygen atoms in total. The summed E-state index contributed by atoms with van der Waals surface area (Å²) in [6.45, 7) is 7.09. The number of carbonyl (C=O) groups is 2. The molecule has 2 amide bonds. The quantitative estimate of drug-likeness (QED) is 0.748. The average molecular weight is 258 g/mol. The highest BCUT2D eigenvalue weighted by Crippen LogP contribution is 2.11. The Kier molecular flexibility index (Phi) is 5.40. The zero-order chi connectivity index (χ0) is 13.7. The molecule has 2 atom stereocenters. The van der Waals surface area contributed by atoms with Gasteiger partial charge in [0.2, 0.25) is 5.91 Å². The molecule has 104 valence electrons. The summed E-state index contributed by atoms with van der Waals surface area (Å²) in [5, 5.41) is 0. The van der Waals surface area contributed by atoms with E-state index in [2.05, 4.69) is 0 Å². The maximum absolute atomic E-state index is 12.0. The highest BCUT2D eigenvalue weighted by atomic mass is 16.6. The lowest BCUT2D eigenvalue weighted by molar-refractivity contribution is -0.143. The maximum Gasteiger partial charge on any atom is 0.409 e. The Balaban J connectivity index is 2.47. The Morgan fingerprint density at radius 3 is 2.39 bits per heavy atom. The fraction of sp³-hybridized carbons (Fsp3) is 0.833. The summed E-state index contributed by atoms with van der Waals surface area (Å²) in [6.07, 6.45) is -0.406. The van der Waals surface area contributed by atoms with Gasteiger partial charge in [-0.05, 0) is 20.8 Å². The molecule has 0 N–H and O–H groups in total. The molecule has 1 rings (SSSR count). The van der Waals surface area contributed by atoms with Crippen molar-refractivity contribution in [1.82, 2.24) is 9.80 Å². The number of ether oxygens (including phenoxy) is 2. The minimum absolute atomic E-state index is 0.0330. The number of amides is 2. The molecule has 0 aromatic carbocycles. The summed E-state index contributed by atoms with van der Waals surface area (Å²) in [7, 11) is 1.56. The lowest BCUT2D eigenvalue weighted by atomic mass is 10.2. The van der Waals surface area contributed by atoms with E-state index in [1.807, 2.05) is 13.8 Å². The van der Waals surface area contributed by atoms with Crippen LogP contribution in [0.25, 0.3) is 0 Å². The van der Waals surface area contributed by atoms with E-state index in [0.717, 1.165) is 0 Å². The normalized spacial score (nSPS) is 23.7. The van der Waals surface area contributed by atoms with Crippen LogP contribution >= 0.6 is 0 Å². The van der Waals surface area contributed by atoms with E-state index in [-0.39, 0.29) is 24.7 Å². The lowest BCUT2D eigenvalue weighted by Gasteiger charge is -2.36. The van der Waals surface area contributed by atoms with Crippen LogP contribution < -0.4 is 0 Å². The molecule has 0 aromatic heterocycles. The van der Waals surface area contributed by atoms with Crippen molar-refractivity contribution < 1.29 is 19.1 Å². The van der Waals surface area contributed by atoms with Gasteiger partial charge in [-0.2, -0.15) is 0 Å². The van der Waals surface area contributed by atoms with Crippen molar-refractivity contribution in [3.8, 4) is 0 Å². The van der Waals surface area contributed by atoms with Crippen LogP contribution in [0.4, 0.5) is 4.79 Å². The van der Waals surface area contributed by atoms with Crippen molar-refractivity contribution in [2.75, 3.05) is 33.3 Å². The monoisotopic (exact) mass is 258 g/mol. The van der Waals surface area contributed by atoms with Crippen molar-refractivity contribution in [2.45, 2.75) is 33.0 Å². The largest absolute Gasteiger partial charge is 0.450 e. The summed E-state index contributed by atoms with van der Waals surface area (Å²) in [4.78, 5) is 26.4. The van der Waals surface area contributed by atoms with Crippen molar-refractivity contribution in [3.63, 3.8) is 0 Å². The molecular weight excluding hydrogens is 236 g/mol. The fourth-order valence-corrected chi connectivity index (χ4v) is 1.98. The van der Waals surface area contributed by atoms with Crippen LogP contribution in [0.15, 0.2) is 0 Å². The second-order valence-corrected chi connectivity index (χ2v) is 4.61. The minimum atomic E-state index is -0.472. The van der Waals surface area contributed by atoms with Crippen LogP contribution in [0.5, 0.6) is 0 Å². The van der Waals surface area contributed by atoms with Gasteiger partial charge in [-0.25, -0.2) is 4.79 Å². The summed E-state index contributed by atoms with van der Waals surface area (Å²) in [5.41, 5.74) is 0. The number of carbonyl (C=O) groups excluding carboxylic acids is 2. The second-order valence-electron chi connectivity index (χ2n) is 4.61. The predicted octanol–water partition coefficient (Wildman–Crippen LogP) is 0.711. The maximum atomic E-state index is 12.0. The van der Waals surface area contributed by atoms with Crippen LogP contribution in [0.1, 0.15) is 20.8 Å². The summed E-state index contributed by atoms with van der Waals surface area (Å²) in [5.74, 6) is -0.0763. The molecule has 0 spiro atoms. The van der Waals surface area contributed by atoms with E-state index in [1.54, 1.807) is 18.9 Å². The molecule has 1 heterocycles. The SMILES string of the molecule is CCOC(=O)N(C)CC(=O)N1C[C@@H](C)O[C@H](C)C1. The molecule has 0 saturated carbocycles. The first kappa shape index (κ1) is 14.8. The first-order valence-electron chi connectivity index (χ1n) is 6.25. The van der Waals surface area contributed by atoms with Crippen LogP contribution in [-0.2, 0) is 14.3 Å². The van der Waals surface area contributed by atoms with Gasteiger partial charge in [-0.3, -0.25) is 4.79 Å². The van der Waals surface area contributed by atoms with E-state index in [0.29, 0.717) is 19.7 Å². The van der Waals surface area contributed by atoms with E-state index in [9.17, 15) is 9.59 Å². The molecule has 6 heteroatoms. The van der Waals surface area contributed by atoms with Crippen molar-refractivity contribution in [1.29, 1.82) is 0 Å². The molecule has 18 heavy (non-hydrogen) atoms. The van der Waals surface area contributed by atoms with E-state index < -0.39 is 6.09 Å². The van der Waals surface area contributed by atoms with Gasteiger partial charge >= 0.3 is 6.09 Å². The lowest BCUT2D eigenvalue weighted by Crippen LogP contribution is -2.51. The number of rotatable bonds is 3. The Hall–Kier alpha value is -1.30. The van der Waals surface area contributed by atoms with Gasteiger partial charge < -0.3 is 19.3 Å². The number of hydrogen-bond donors (Lipinski definition) is 0. The van der Waals surface area contributed by atoms with Crippen molar-refractivity contribution >= 4 is 12.0 Å². The number of likely N-dealkylation sites (N-methyl/N-ethyl adjacent to an activating group) is 1. The zero-order valence-electron chi connectivity index (χ0n) is 11.5. The van der Waals surface area contributed by atoms with E-state index in [4.69, 9.17) is 9.47 Å². The second kappa shape index (κ2) is 6.58. The highest BCUT2D eigenvalue weighted by Gasteiger charge is 2.27. The van der Waals surface area contributed by atoms with Crippen molar-refractivity contribution in [3.05, 3.63) is 0 Å². The molecule has 1 fully saturated rings. The number of nitrogens with zero attached hydrogens (tertiary/aromatic N) is 2. The Morgan fingerprint density at radius 1 is 1.33 bits per heavy atom. The summed E-state index contributed by atoms with van der Waals surface area (Å²) < 4.78 is 10.4. The fourth-order valence-electron chi connectivity index (χ4n) is 1.98. The van der Waals surface area contributed by atoms with Crippen LogP contribution in [0.3, 0.4) is 0 Å². The summed E-state index contributed by atoms with van der Waals surface area (Å²) in [6, 6.07) is 0. The third kappa shape index (κ3) is 4.18. The molecule has 1 aliphatic heterocycles. The molecule has 0 radical (unpaired) electrons. The van der Waals surface area contributed by atoms with Gasteiger partial charge in [0.1, 0.15) is 6.54 Å². The van der Waals surface area contributed by atoms with Gasteiger partial charge in [0.05, 0.1) is 18.8 Å². The topological polar surface area (TPSA) is 59.1 Å². The predicted molar refractivity (Wildman–Crippen MR) is 66.2 cm³/mol. The summed E-state index contributed by atoms with van der Waals surface area (Å²) >= 11 is 0. The van der Waals surface area contributed by atoms with E-state index >= 15 is 0 Å². The first-order valence-corrected chi connectivity index (χ1v) is 6.25. The van der Waals surface area contributed by atoms with Crippen LogP contribution in [-0.4, -0.2) is 67.3 Å². The third-order valence-electron chi connectivity index (χ3n) is 2.72. The molecule has 0 aromatic rings. The first-order chi connectivity index (χ1) is 8.43. The Labute approximate surface area is 108 Å². The standard InChI is InChI=1S/C12H22N2O4/c1-5-17-12(16)13(4)8-11(15)14-6-9(2)18-10(3)7-14/h9-10H,5-8H2,1-4H3/t9-,10-/m1/s1. The highest BCUT2D eigenvalue weighted by molar-refractivity contribution is 5.82. The minimum Gasteiger partial charge on any atom is -0.450 e. The average Bonchev–Trinajstić information content (AvgIpc) is 2.27. The molecular formula is C12H22N2O4. The van der Waals surface area contributed by atoms with Crippen LogP contribution in [0, 0.1) is 0 Å². The van der Waals surface area contributed by atoms with Gasteiger partial charge in [-0.1, -0.05) is 0 Å². The Bertz CT molecular complexity index is 298. The molecule has 1 saturated heterocycles. The van der Waals surface area contributed by atoms with Gasteiger partial charge in [0, 0.05) is 20.1 Å². The molecule has 0 unspecified atom stereocenters. The van der Waals surface area contributed by atoms with Crippen LogP contribution in [0.2, 0.25) is 0 Å². The van der Waals surface area contributed by atoms with Crippen molar-refractivity contribution in [2.24, 2.45) is 0 Å². The van der Waals surface area contributed by atoms with E-state index in [1.165, 1.54) is 4.90 Å². The molecule has 0 aliphatic carbocycles. The molecule has 1 aliphatic rings.